The van der Waals surface area contributed by atoms with Crippen molar-refractivity contribution in [2.24, 2.45) is 0 Å². The molecule has 108 valence electrons. The van der Waals surface area contributed by atoms with Crippen LogP contribution >= 0.6 is 0 Å². The van der Waals surface area contributed by atoms with Crippen molar-refractivity contribution in [1.29, 1.82) is 0 Å². The summed E-state index contributed by atoms with van der Waals surface area (Å²) < 4.78 is 0. The van der Waals surface area contributed by atoms with Crippen LogP contribution in [0.15, 0.2) is 48.5 Å². The van der Waals surface area contributed by atoms with Crippen LogP contribution in [0.25, 0.3) is 0 Å². The van der Waals surface area contributed by atoms with E-state index in [0.717, 1.165) is 29.8 Å². The first kappa shape index (κ1) is 13.7. The number of rotatable bonds is 4. The molecule has 0 atom stereocenters. The lowest BCUT2D eigenvalue weighted by Gasteiger charge is -2.21. The van der Waals surface area contributed by atoms with Gasteiger partial charge in [-0.25, -0.2) is 0 Å². The molecule has 1 aliphatic heterocycles. The van der Waals surface area contributed by atoms with Crippen molar-refractivity contribution in [2.75, 3.05) is 18.4 Å². The molecule has 2 aromatic rings. The maximum atomic E-state index is 12.7. The van der Waals surface area contributed by atoms with Gasteiger partial charge in [-0.05, 0) is 36.6 Å². The fraction of sp³-hybridized carbons (Fsp3) is 0.278. The van der Waals surface area contributed by atoms with Crippen molar-refractivity contribution in [3.63, 3.8) is 0 Å². The van der Waals surface area contributed by atoms with Gasteiger partial charge in [0.15, 0.2) is 0 Å². The van der Waals surface area contributed by atoms with Gasteiger partial charge < -0.3 is 10.2 Å². The summed E-state index contributed by atoms with van der Waals surface area (Å²) >= 11 is 0. The van der Waals surface area contributed by atoms with Gasteiger partial charge in [-0.15, -0.1) is 0 Å². The van der Waals surface area contributed by atoms with E-state index in [4.69, 9.17) is 0 Å². The van der Waals surface area contributed by atoms with E-state index in [1.807, 2.05) is 42.2 Å². The van der Waals surface area contributed by atoms with Crippen LogP contribution in [-0.4, -0.2) is 23.9 Å². The van der Waals surface area contributed by atoms with Crippen molar-refractivity contribution in [2.45, 2.75) is 19.9 Å². The Morgan fingerprint density at radius 3 is 2.76 bits per heavy atom. The second kappa shape index (κ2) is 6.00. The number of carbonyl (C=O) groups is 1. The summed E-state index contributed by atoms with van der Waals surface area (Å²) in [5.74, 6) is 0.0952. The zero-order chi connectivity index (χ0) is 14.7. The van der Waals surface area contributed by atoms with Crippen molar-refractivity contribution in [3.05, 3.63) is 65.2 Å². The Labute approximate surface area is 125 Å². The predicted molar refractivity (Wildman–Crippen MR) is 85.5 cm³/mol. The molecular formula is C18H20N2O. The Bertz CT molecular complexity index is 637. The number of fused-ring (bicyclic) bond motifs is 1. The molecule has 0 saturated carbocycles. The maximum Gasteiger partial charge on any atom is 0.254 e. The van der Waals surface area contributed by atoms with Crippen molar-refractivity contribution in [3.8, 4) is 0 Å². The molecule has 3 heteroatoms. The van der Waals surface area contributed by atoms with E-state index in [0.29, 0.717) is 13.1 Å². The average Bonchev–Trinajstić information content (AvgIpc) is 3.00. The Kier molecular flexibility index (Phi) is 3.91. The summed E-state index contributed by atoms with van der Waals surface area (Å²) in [5, 5.41) is 3.33. The standard InChI is InChI=1S/C18H20N2O/c1-2-20(13-14-6-4-3-5-7-14)18(21)16-9-8-15-10-11-19-17(15)12-16/h3-9,12,19H,2,10-11,13H2,1H3. The Morgan fingerprint density at radius 1 is 1.19 bits per heavy atom. The van der Waals surface area contributed by atoms with E-state index >= 15 is 0 Å². The van der Waals surface area contributed by atoms with Gasteiger partial charge in [0.2, 0.25) is 0 Å². The summed E-state index contributed by atoms with van der Waals surface area (Å²) in [5.41, 5.74) is 4.34. The maximum absolute atomic E-state index is 12.7. The second-order valence-corrected chi connectivity index (χ2v) is 5.35. The van der Waals surface area contributed by atoms with E-state index in [1.165, 1.54) is 5.56 Å². The van der Waals surface area contributed by atoms with Gasteiger partial charge in [0.25, 0.3) is 5.91 Å². The molecular weight excluding hydrogens is 260 g/mol. The average molecular weight is 280 g/mol. The Balaban J connectivity index is 1.79. The molecule has 3 nitrogen and oxygen atoms in total. The highest BCUT2D eigenvalue weighted by Crippen LogP contribution is 2.24. The van der Waals surface area contributed by atoms with E-state index in [9.17, 15) is 4.79 Å². The zero-order valence-electron chi connectivity index (χ0n) is 12.3. The lowest BCUT2D eigenvalue weighted by Crippen LogP contribution is -2.30. The summed E-state index contributed by atoms with van der Waals surface area (Å²) in [6.07, 6.45) is 1.05. The van der Waals surface area contributed by atoms with Crippen LogP contribution in [-0.2, 0) is 13.0 Å². The first-order chi connectivity index (χ1) is 10.3. The number of carbonyl (C=O) groups excluding carboxylic acids is 1. The monoisotopic (exact) mass is 280 g/mol. The van der Waals surface area contributed by atoms with Gasteiger partial charge in [0.1, 0.15) is 0 Å². The summed E-state index contributed by atoms with van der Waals surface area (Å²) in [6.45, 7) is 4.35. The molecule has 0 radical (unpaired) electrons. The summed E-state index contributed by atoms with van der Waals surface area (Å²) in [7, 11) is 0. The highest BCUT2D eigenvalue weighted by molar-refractivity contribution is 5.95. The van der Waals surface area contributed by atoms with Crippen LogP contribution in [0.1, 0.15) is 28.4 Å². The third kappa shape index (κ3) is 2.92. The molecule has 1 amide bonds. The molecule has 0 aliphatic carbocycles. The topological polar surface area (TPSA) is 32.3 Å². The van der Waals surface area contributed by atoms with Gasteiger partial charge in [0.05, 0.1) is 0 Å². The van der Waals surface area contributed by atoms with E-state index in [-0.39, 0.29) is 5.91 Å². The molecule has 0 spiro atoms. The molecule has 1 N–H and O–H groups in total. The fourth-order valence-electron chi connectivity index (χ4n) is 2.74. The minimum atomic E-state index is 0.0952. The number of hydrogen-bond acceptors (Lipinski definition) is 2. The molecule has 1 aliphatic rings. The van der Waals surface area contributed by atoms with Crippen LogP contribution in [0.2, 0.25) is 0 Å². The molecule has 0 bridgehead atoms. The lowest BCUT2D eigenvalue weighted by molar-refractivity contribution is 0.0752. The number of hydrogen-bond donors (Lipinski definition) is 1. The molecule has 0 aromatic heterocycles. The molecule has 0 saturated heterocycles. The second-order valence-electron chi connectivity index (χ2n) is 5.35. The number of benzene rings is 2. The number of amides is 1. The minimum absolute atomic E-state index is 0.0952. The molecule has 0 fully saturated rings. The summed E-state index contributed by atoms with van der Waals surface area (Å²) in [6, 6.07) is 16.1. The van der Waals surface area contributed by atoms with Gasteiger partial charge in [-0.1, -0.05) is 36.4 Å². The van der Waals surface area contributed by atoms with Gasteiger partial charge in [0, 0.05) is 30.9 Å². The summed E-state index contributed by atoms with van der Waals surface area (Å²) in [4.78, 5) is 14.6. The van der Waals surface area contributed by atoms with Crippen LogP contribution in [0.4, 0.5) is 5.69 Å². The van der Waals surface area contributed by atoms with Crippen molar-refractivity contribution < 1.29 is 4.79 Å². The number of anilines is 1. The smallest absolute Gasteiger partial charge is 0.254 e. The van der Waals surface area contributed by atoms with Crippen molar-refractivity contribution in [1.82, 2.24) is 4.90 Å². The highest BCUT2D eigenvalue weighted by Gasteiger charge is 2.17. The van der Waals surface area contributed by atoms with Gasteiger partial charge in [-0.3, -0.25) is 4.79 Å². The normalized spacial score (nSPS) is 12.6. The Morgan fingerprint density at radius 2 is 2.00 bits per heavy atom. The van der Waals surface area contributed by atoms with E-state index in [1.54, 1.807) is 0 Å². The molecule has 1 heterocycles. The van der Waals surface area contributed by atoms with E-state index < -0.39 is 0 Å². The minimum Gasteiger partial charge on any atom is -0.384 e. The Hall–Kier alpha value is -2.29. The van der Waals surface area contributed by atoms with E-state index in [2.05, 4.69) is 23.5 Å². The van der Waals surface area contributed by atoms with Gasteiger partial charge >= 0.3 is 0 Å². The lowest BCUT2D eigenvalue weighted by atomic mass is 10.1. The first-order valence-corrected chi connectivity index (χ1v) is 7.48. The fourth-order valence-corrected chi connectivity index (χ4v) is 2.74. The SMILES string of the molecule is CCN(Cc1ccccc1)C(=O)c1ccc2c(c1)NCC2. The quantitative estimate of drug-likeness (QED) is 0.932. The third-order valence-corrected chi connectivity index (χ3v) is 3.95. The molecule has 2 aromatic carbocycles. The molecule has 3 rings (SSSR count). The van der Waals surface area contributed by atoms with Crippen LogP contribution < -0.4 is 5.32 Å². The largest absolute Gasteiger partial charge is 0.384 e. The first-order valence-electron chi connectivity index (χ1n) is 7.48. The number of nitrogens with zero attached hydrogens (tertiary/aromatic N) is 1. The van der Waals surface area contributed by atoms with Crippen LogP contribution in [0.3, 0.4) is 0 Å². The molecule has 0 unspecified atom stereocenters. The zero-order valence-corrected chi connectivity index (χ0v) is 12.3. The van der Waals surface area contributed by atoms with Gasteiger partial charge in [-0.2, -0.15) is 0 Å². The number of nitrogens with one attached hydrogen (secondary N) is 1. The third-order valence-electron chi connectivity index (χ3n) is 3.95. The highest BCUT2D eigenvalue weighted by atomic mass is 16.2. The predicted octanol–water partition coefficient (Wildman–Crippen LogP) is 3.32. The van der Waals surface area contributed by atoms with Crippen LogP contribution in [0.5, 0.6) is 0 Å². The van der Waals surface area contributed by atoms with Crippen molar-refractivity contribution >= 4 is 11.6 Å². The van der Waals surface area contributed by atoms with Crippen LogP contribution in [0, 0.1) is 0 Å². The molecule has 21 heavy (non-hydrogen) atoms.